The van der Waals surface area contributed by atoms with Crippen molar-refractivity contribution in [3.63, 3.8) is 0 Å². The van der Waals surface area contributed by atoms with Crippen LogP contribution >= 0.6 is 32.9 Å². The molecule has 3 aromatic rings. The van der Waals surface area contributed by atoms with Gasteiger partial charge in [-0.1, -0.05) is 18.2 Å². The Kier molecular flexibility index (Phi) is 3.58. The van der Waals surface area contributed by atoms with Crippen LogP contribution in [0.25, 0.3) is 5.69 Å². The van der Waals surface area contributed by atoms with Crippen LogP contribution in [0.2, 0.25) is 0 Å². The molecule has 0 amide bonds. The molecule has 0 spiro atoms. The highest BCUT2D eigenvalue weighted by atomic mass is 33.1. The Balaban J connectivity index is 1.80. The van der Waals surface area contributed by atoms with Gasteiger partial charge in [-0.2, -0.15) is 4.68 Å². The molecule has 1 aromatic carbocycles. The Morgan fingerprint density at radius 3 is 2.78 bits per heavy atom. The number of hydrogen-bond donors (Lipinski definition) is 0. The number of benzene rings is 1. The van der Waals surface area contributed by atoms with Crippen molar-refractivity contribution in [1.29, 1.82) is 0 Å². The predicted molar refractivity (Wildman–Crippen MR) is 73.0 cm³/mol. The van der Waals surface area contributed by atoms with E-state index in [9.17, 15) is 0 Å². The molecule has 0 aliphatic rings. The Hall–Kier alpha value is -1.38. The molecule has 8 heteroatoms. The molecule has 2 heterocycles. The summed E-state index contributed by atoms with van der Waals surface area (Å²) < 4.78 is 2.70. The van der Waals surface area contributed by atoms with Gasteiger partial charge >= 0.3 is 0 Å². The maximum absolute atomic E-state index is 4.20. The molecule has 2 aromatic heterocycles. The van der Waals surface area contributed by atoms with Crippen molar-refractivity contribution in [3.8, 4) is 5.69 Å². The molecule has 0 bridgehead atoms. The van der Waals surface area contributed by atoms with Crippen LogP contribution in [-0.4, -0.2) is 25.2 Å². The van der Waals surface area contributed by atoms with E-state index in [-0.39, 0.29) is 0 Å². The van der Waals surface area contributed by atoms with Crippen molar-refractivity contribution in [1.82, 2.24) is 25.2 Å². The molecular weight excluding hydrogens is 286 g/mol. The summed E-state index contributed by atoms with van der Waals surface area (Å²) in [6.07, 6.45) is 1.79. The standard InChI is InChI=1S/C10H7N5S3/c1-2-4-8(5-3-1)15-9(12-13-14-15)17-18-10-11-6-7-16-10/h1-7H. The van der Waals surface area contributed by atoms with Crippen molar-refractivity contribution in [2.45, 2.75) is 9.50 Å². The largest absolute Gasteiger partial charge is 0.237 e. The summed E-state index contributed by atoms with van der Waals surface area (Å²) in [6, 6.07) is 9.81. The highest BCUT2D eigenvalue weighted by Crippen LogP contribution is 2.37. The average molecular weight is 293 g/mol. The van der Waals surface area contributed by atoms with Crippen LogP contribution < -0.4 is 0 Å². The highest BCUT2D eigenvalue weighted by molar-refractivity contribution is 8.77. The molecule has 0 fully saturated rings. The lowest BCUT2D eigenvalue weighted by Crippen LogP contribution is -1.97. The van der Waals surface area contributed by atoms with Crippen LogP contribution in [0.3, 0.4) is 0 Å². The summed E-state index contributed by atoms with van der Waals surface area (Å²) in [4.78, 5) is 4.20. The summed E-state index contributed by atoms with van der Waals surface area (Å²) in [5.41, 5.74) is 0.949. The second-order valence-electron chi connectivity index (χ2n) is 3.17. The van der Waals surface area contributed by atoms with E-state index < -0.39 is 0 Å². The third-order valence-electron chi connectivity index (χ3n) is 2.04. The number of tetrazole rings is 1. The van der Waals surface area contributed by atoms with E-state index in [2.05, 4.69) is 20.5 Å². The van der Waals surface area contributed by atoms with E-state index >= 15 is 0 Å². The van der Waals surface area contributed by atoms with Gasteiger partial charge in [-0.05, 0) is 44.1 Å². The lowest BCUT2D eigenvalue weighted by Gasteiger charge is -2.01. The first-order valence-corrected chi connectivity index (χ1v) is 8.04. The van der Waals surface area contributed by atoms with Crippen LogP contribution in [0, 0.1) is 0 Å². The number of hydrogen-bond acceptors (Lipinski definition) is 7. The number of thiazole rings is 1. The minimum Gasteiger partial charge on any atom is -0.237 e. The highest BCUT2D eigenvalue weighted by Gasteiger charge is 2.10. The third-order valence-corrected chi connectivity index (χ3v) is 5.36. The van der Waals surface area contributed by atoms with Crippen molar-refractivity contribution in [3.05, 3.63) is 41.9 Å². The monoisotopic (exact) mass is 293 g/mol. The van der Waals surface area contributed by atoms with Gasteiger partial charge in [0.1, 0.15) is 0 Å². The summed E-state index contributed by atoms with van der Waals surface area (Å²) in [6.45, 7) is 0. The Labute approximate surface area is 115 Å². The second-order valence-corrected chi connectivity index (χ2v) is 6.41. The molecule has 0 N–H and O–H groups in total. The minimum atomic E-state index is 0.737. The van der Waals surface area contributed by atoms with E-state index in [4.69, 9.17) is 0 Å². The average Bonchev–Trinajstić information content (AvgIpc) is 3.09. The van der Waals surface area contributed by atoms with Gasteiger partial charge in [0.2, 0.25) is 5.16 Å². The van der Waals surface area contributed by atoms with Crippen molar-refractivity contribution in [2.75, 3.05) is 0 Å². The van der Waals surface area contributed by atoms with Crippen LogP contribution in [0.1, 0.15) is 0 Å². The lowest BCUT2D eigenvalue weighted by molar-refractivity contribution is 0.758. The van der Waals surface area contributed by atoms with Gasteiger partial charge in [-0.3, -0.25) is 0 Å². The van der Waals surface area contributed by atoms with Gasteiger partial charge in [0.05, 0.1) is 5.69 Å². The van der Waals surface area contributed by atoms with Crippen LogP contribution in [-0.2, 0) is 0 Å². The van der Waals surface area contributed by atoms with Crippen LogP contribution in [0.15, 0.2) is 51.4 Å². The molecule has 0 aliphatic heterocycles. The maximum Gasteiger partial charge on any atom is 0.225 e. The first-order chi connectivity index (χ1) is 8.93. The topological polar surface area (TPSA) is 56.5 Å². The van der Waals surface area contributed by atoms with Gasteiger partial charge in [0, 0.05) is 11.6 Å². The Bertz CT molecular complexity index is 608. The van der Waals surface area contributed by atoms with E-state index in [1.54, 1.807) is 33.0 Å². The molecule has 90 valence electrons. The van der Waals surface area contributed by atoms with E-state index in [0.717, 1.165) is 15.2 Å². The summed E-state index contributed by atoms with van der Waals surface area (Å²) >= 11 is 1.60. The molecule has 0 atom stereocenters. The van der Waals surface area contributed by atoms with E-state index in [1.807, 2.05) is 35.7 Å². The molecule has 5 nitrogen and oxygen atoms in total. The maximum atomic E-state index is 4.20. The van der Waals surface area contributed by atoms with E-state index in [0.29, 0.717) is 0 Å². The zero-order valence-electron chi connectivity index (χ0n) is 9.00. The molecule has 0 saturated carbocycles. The molecule has 0 aliphatic carbocycles. The zero-order valence-corrected chi connectivity index (χ0v) is 11.5. The fraction of sp³-hybridized carbons (Fsp3) is 0. The van der Waals surface area contributed by atoms with Gasteiger partial charge in [-0.15, -0.1) is 16.4 Å². The number of para-hydroxylation sites is 1. The van der Waals surface area contributed by atoms with Crippen molar-refractivity contribution >= 4 is 32.9 Å². The first-order valence-electron chi connectivity index (χ1n) is 5.01. The van der Waals surface area contributed by atoms with Crippen LogP contribution in [0.5, 0.6) is 0 Å². The number of aromatic nitrogens is 5. The van der Waals surface area contributed by atoms with Crippen LogP contribution in [0.4, 0.5) is 0 Å². The Morgan fingerprint density at radius 1 is 1.11 bits per heavy atom. The summed E-state index contributed by atoms with van der Waals surface area (Å²) in [7, 11) is 3.05. The number of rotatable bonds is 4. The van der Waals surface area contributed by atoms with Crippen molar-refractivity contribution in [2.24, 2.45) is 0 Å². The normalized spacial score (nSPS) is 10.7. The second kappa shape index (κ2) is 5.51. The molecule has 18 heavy (non-hydrogen) atoms. The third kappa shape index (κ3) is 2.55. The van der Waals surface area contributed by atoms with Gasteiger partial charge in [-0.25, -0.2) is 4.98 Å². The van der Waals surface area contributed by atoms with Crippen molar-refractivity contribution < 1.29 is 0 Å². The molecule has 0 radical (unpaired) electrons. The molecule has 3 rings (SSSR count). The summed E-state index contributed by atoms with van der Waals surface area (Å²) in [5, 5.41) is 14.4. The lowest BCUT2D eigenvalue weighted by atomic mass is 10.3. The van der Waals surface area contributed by atoms with Gasteiger partial charge in [0.25, 0.3) is 0 Å². The van der Waals surface area contributed by atoms with E-state index in [1.165, 1.54) is 10.8 Å². The predicted octanol–water partition coefficient (Wildman–Crippen LogP) is 2.92. The van der Waals surface area contributed by atoms with Gasteiger partial charge in [0.15, 0.2) is 4.34 Å². The minimum absolute atomic E-state index is 0.737. The molecule has 0 unspecified atom stereocenters. The molecular formula is C10H7N5S3. The SMILES string of the molecule is c1ccc(-n2nnnc2SSc2nccs2)cc1. The number of nitrogens with zero attached hydrogens (tertiary/aromatic N) is 5. The Morgan fingerprint density at radius 2 is 2.00 bits per heavy atom. The fourth-order valence-corrected chi connectivity index (χ4v) is 4.04. The zero-order chi connectivity index (χ0) is 12.2. The van der Waals surface area contributed by atoms with Gasteiger partial charge < -0.3 is 0 Å². The quantitative estimate of drug-likeness (QED) is 0.689. The summed E-state index contributed by atoms with van der Waals surface area (Å²) in [5.74, 6) is 0. The first kappa shape index (κ1) is 11.7. The smallest absolute Gasteiger partial charge is 0.225 e. The molecule has 0 saturated heterocycles. The fourth-order valence-electron chi connectivity index (χ4n) is 1.29.